The van der Waals surface area contributed by atoms with Crippen LogP contribution in [0.1, 0.15) is 10.4 Å². The van der Waals surface area contributed by atoms with Gasteiger partial charge in [-0.2, -0.15) is 5.10 Å². The number of ether oxygens (including phenoxy) is 1. The predicted octanol–water partition coefficient (Wildman–Crippen LogP) is 2.72. The molecule has 0 amide bonds. The van der Waals surface area contributed by atoms with Gasteiger partial charge in [0, 0.05) is 18.0 Å². The molecular formula is C16H13N3O2. The first-order chi connectivity index (χ1) is 10.3. The van der Waals surface area contributed by atoms with Gasteiger partial charge >= 0.3 is 5.97 Å². The fourth-order valence-electron chi connectivity index (χ4n) is 2.05. The Morgan fingerprint density at radius 2 is 1.86 bits per heavy atom. The summed E-state index contributed by atoms with van der Waals surface area (Å²) >= 11 is 0. The van der Waals surface area contributed by atoms with E-state index in [0.29, 0.717) is 17.1 Å². The van der Waals surface area contributed by atoms with Gasteiger partial charge in [0.15, 0.2) is 5.82 Å². The van der Waals surface area contributed by atoms with Gasteiger partial charge in [0.25, 0.3) is 0 Å². The van der Waals surface area contributed by atoms with Gasteiger partial charge < -0.3 is 4.74 Å². The number of pyridine rings is 1. The van der Waals surface area contributed by atoms with E-state index in [2.05, 4.69) is 10.1 Å². The number of aromatic nitrogens is 3. The Bertz CT molecular complexity index is 752. The Labute approximate surface area is 121 Å². The second kappa shape index (κ2) is 5.58. The molecule has 0 bridgehead atoms. The zero-order valence-corrected chi connectivity index (χ0v) is 11.4. The molecule has 2 aromatic heterocycles. The summed E-state index contributed by atoms with van der Waals surface area (Å²) < 4.78 is 6.41. The summed E-state index contributed by atoms with van der Waals surface area (Å²) in [6.45, 7) is 0. The molecule has 0 aliphatic carbocycles. The lowest BCUT2D eigenvalue weighted by molar-refractivity contribution is 0.0601. The van der Waals surface area contributed by atoms with Gasteiger partial charge in [-0.25, -0.2) is 14.5 Å². The molecule has 0 saturated carbocycles. The summed E-state index contributed by atoms with van der Waals surface area (Å²) in [7, 11) is 1.36. The first-order valence-corrected chi connectivity index (χ1v) is 6.44. The van der Waals surface area contributed by atoms with Gasteiger partial charge in [-0.3, -0.25) is 0 Å². The molecule has 1 aromatic carbocycles. The van der Waals surface area contributed by atoms with E-state index in [1.165, 1.54) is 7.11 Å². The fourth-order valence-corrected chi connectivity index (χ4v) is 2.05. The van der Waals surface area contributed by atoms with Gasteiger partial charge in [0.2, 0.25) is 0 Å². The summed E-state index contributed by atoms with van der Waals surface area (Å²) in [4.78, 5) is 16.2. The molecule has 0 fully saturated rings. The maximum absolute atomic E-state index is 12.0. The van der Waals surface area contributed by atoms with Crippen LogP contribution < -0.4 is 0 Å². The minimum atomic E-state index is -0.420. The lowest BCUT2D eigenvalue weighted by Crippen LogP contribution is -2.01. The lowest BCUT2D eigenvalue weighted by Gasteiger charge is -2.00. The number of carbonyl (C=O) groups is 1. The first-order valence-electron chi connectivity index (χ1n) is 6.44. The van der Waals surface area contributed by atoms with Crippen molar-refractivity contribution in [1.29, 1.82) is 0 Å². The highest BCUT2D eigenvalue weighted by molar-refractivity contribution is 5.96. The average molecular weight is 279 g/mol. The van der Waals surface area contributed by atoms with E-state index in [1.54, 1.807) is 17.1 Å². The SMILES string of the molecule is COC(=O)c1cn(-c2ccccn2)nc1-c1ccccc1. The highest BCUT2D eigenvalue weighted by Crippen LogP contribution is 2.23. The van der Waals surface area contributed by atoms with E-state index in [4.69, 9.17) is 4.74 Å². The molecule has 0 unspecified atom stereocenters. The molecule has 0 radical (unpaired) electrons. The van der Waals surface area contributed by atoms with Crippen molar-refractivity contribution >= 4 is 5.97 Å². The third-order valence-corrected chi connectivity index (χ3v) is 3.05. The third kappa shape index (κ3) is 2.53. The largest absolute Gasteiger partial charge is 0.465 e. The maximum Gasteiger partial charge on any atom is 0.341 e. The van der Waals surface area contributed by atoms with Crippen LogP contribution in [0.3, 0.4) is 0 Å². The Kier molecular flexibility index (Phi) is 3.47. The van der Waals surface area contributed by atoms with Crippen LogP contribution in [-0.2, 0) is 4.74 Å². The topological polar surface area (TPSA) is 57.0 Å². The number of nitrogens with zero attached hydrogens (tertiary/aromatic N) is 3. The van der Waals surface area contributed by atoms with E-state index in [0.717, 1.165) is 5.56 Å². The van der Waals surface area contributed by atoms with Crippen molar-refractivity contribution in [3.05, 3.63) is 66.5 Å². The molecule has 0 aliphatic rings. The molecule has 5 heteroatoms. The molecule has 5 nitrogen and oxygen atoms in total. The summed E-state index contributed by atoms with van der Waals surface area (Å²) in [5.74, 6) is 0.223. The minimum Gasteiger partial charge on any atom is -0.465 e. The van der Waals surface area contributed by atoms with Crippen LogP contribution in [0, 0.1) is 0 Å². The number of esters is 1. The molecule has 0 aliphatic heterocycles. The Hall–Kier alpha value is -2.95. The second-order valence-corrected chi connectivity index (χ2v) is 4.38. The molecule has 0 saturated heterocycles. The molecule has 3 rings (SSSR count). The number of hydrogen-bond donors (Lipinski definition) is 0. The smallest absolute Gasteiger partial charge is 0.341 e. The van der Waals surface area contributed by atoms with Gasteiger partial charge in [-0.15, -0.1) is 0 Å². The van der Waals surface area contributed by atoms with Crippen LogP contribution in [0.5, 0.6) is 0 Å². The second-order valence-electron chi connectivity index (χ2n) is 4.38. The highest BCUT2D eigenvalue weighted by Gasteiger charge is 2.19. The van der Waals surface area contributed by atoms with E-state index in [9.17, 15) is 4.79 Å². The average Bonchev–Trinajstić information content (AvgIpc) is 3.01. The molecule has 21 heavy (non-hydrogen) atoms. The van der Waals surface area contributed by atoms with Gasteiger partial charge in [0.1, 0.15) is 11.3 Å². The summed E-state index contributed by atoms with van der Waals surface area (Å²) in [5.41, 5.74) is 1.84. The molecular weight excluding hydrogens is 266 g/mol. The molecule has 2 heterocycles. The number of carbonyl (C=O) groups excluding carboxylic acids is 1. The van der Waals surface area contributed by atoms with Crippen LogP contribution >= 0.6 is 0 Å². The third-order valence-electron chi connectivity index (χ3n) is 3.05. The van der Waals surface area contributed by atoms with Crippen LogP contribution in [0.25, 0.3) is 17.1 Å². The molecule has 0 N–H and O–H groups in total. The summed E-state index contributed by atoms with van der Waals surface area (Å²) in [6, 6.07) is 15.0. The van der Waals surface area contributed by atoms with E-state index >= 15 is 0 Å². The Morgan fingerprint density at radius 1 is 1.10 bits per heavy atom. The van der Waals surface area contributed by atoms with Crippen molar-refractivity contribution in [2.75, 3.05) is 7.11 Å². The number of methoxy groups -OCH3 is 1. The van der Waals surface area contributed by atoms with Gasteiger partial charge in [-0.1, -0.05) is 36.4 Å². The Morgan fingerprint density at radius 3 is 2.52 bits per heavy atom. The zero-order chi connectivity index (χ0) is 14.7. The highest BCUT2D eigenvalue weighted by atomic mass is 16.5. The van der Waals surface area contributed by atoms with Crippen molar-refractivity contribution in [3.8, 4) is 17.1 Å². The van der Waals surface area contributed by atoms with E-state index in [1.807, 2.05) is 48.5 Å². The van der Waals surface area contributed by atoms with Crippen LogP contribution in [0.2, 0.25) is 0 Å². The summed E-state index contributed by atoms with van der Waals surface area (Å²) in [5, 5.41) is 4.47. The van der Waals surface area contributed by atoms with Gasteiger partial charge in [0.05, 0.1) is 7.11 Å². The fraction of sp³-hybridized carbons (Fsp3) is 0.0625. The molecule has 0 spiro atoms. The van der Waals surface area contributed by atoms with Crippen LogP contribution in [0.4, 0.5) is 0 Å². The van der Waals surface area contributed by atoms with Gasteiger partial charge in [-0.05, 0) is 12.1 Å². The minimum absolute atomic E-state index is 0.411. The summed E-state index contributed by atoms with van der Waals surface area (Å²) in [6.07, 6.45) is 3.31. The number of benzene rings is 1. The van der Waals surface area contributed by atoms with Crippen molar-refractivity contribution in [3.63, 3.8) is 0 Å². The predicted molar refractivity (Wildman–Crippen MR) is 78.1 cm³/mol. The lowest BCUT2D eigenvalue weighted by atomic mass is 10.1. The van der Waals surface area contributed by atoms with Crippen LogP contribution in [0.15, 0.2) is 60.9 Å². The van der Waals surface area contributed by atoms with Crippen molar-refractivity contribution < 1.29 is 9.53 Å². The maximum atomic E-state index is 12.0. The van der Waals surface area contributed by atoms with E-state index in [-0.39, 0.29) is 0 Å². The molecule has 104 valence electrons. The number of rotatable bonds is 3. The quantitative estimate of drug-likeness (QED) is 0.692. The standard InChI is InChI=1S/C16H13N3O2/c1-21-16(20)13-11-19(14-9-5-6-10-17-14)18-15(13)12-7-3-2-4-8-12/h2-11H,1H3. The monoisotopic (exact) mass is 279 g/mol. The van der Waals surface area contributed by atoms with Crippen molar-refractivity contribution in [1.82, 2.24) is 14.8 Å². The number of hydrogen-bond acceptors (Lipinski definition) is 4. The Balaban J connectivity index is 2.14. The normalized spacial score (nSPS) is 10.3. The molecule has 0 atom stereocenters. The zero-order valence-electron chi connectivity index (χ0n) is 11.4. The van der Waals surface area contributed by atoms with Crippen molar-refractivity contribution in [2.24, 2.45) is 0 Å². The van der Waals surface area contributed by atoms with Crippen molar-refractivity contribution in [2.45, 2.75) is 0 Å². The van der Waals surface area contributed by atoms with Crippen LogP contribution in [-0.4, -0.2) is 27.8 Å². The van der Waals surface area contributed by atoms with E-state index < -0.39 is 5.97 Å². The first kappa shape index (κ1) is 13.1. The molecule has 3 aromatic rings.